The third-order valence-corrected chi connectivity index (χ3v) is 3.89. The molecule has 0 spiro atoms. The average Bonchev–Trinajstić information content (AvgIpc) is 2.45. The maximum absolute atomic E-state index is 13.2. The summed E-state index contributed by atoms with van der Waals surface area (Å²) in [7, 11) is 1.84. The number of hydrogen-bond acceptors (Lipinski definition) is 3. The van der Waals surface area contributed by atoms with Gasteiger partial charge < -0.3 is 15.5 Å². The highest BCUT2D eigenvalue weighted by Gasteiger charge is 2.22. The number of hydrogen-bond donors (Lipinski definition) is 2. The largest absolute Gasteiger partial charge is 0.369 e. The predicted molar refractivity (Wildman–Crippen MR) is 83.1 cm³/mol. The Labute approximate surface area is 125 Å². The normalized spacial score (nSPS) is 18.6. The van der Waals surface area contributed by atoms with Crippen molar-refractivity contribution in [3.05, 3.63) is 29.6 Å². The Morgan fingerprint density at radius 1 is 1.48 bits per heavy atom. The van der Waals surface area contributed by atoms with Crippen LogP contribution >= 0.6 is 0 Å². The van der Waals surface area contributed by atoms with Crippen molar-refractivity contribution in [1.82, 2.24) is 10.6 Å². The Balaban J connectivity index is 1.95. The van der Waals surface area contributed by atoms with Gasteiger partial charge in [0.1, 0.15) is 5.82 Å². The topological polar surface area (TPSA) is 44.4 Å². The number of rotatable bonds is 5. The van der Waals surface area contributed by atoms with Crippen LogP contribution in [-0.4, -0.2) is 38.6 Å². The molecule has 1 fully saturated rings. The van der Waals surface area contributed by atoms with Crippen molar-refractivity contribution in [2.24, 2.45) is 0 Å². The quantitative estimate of drug-likeness (QED) is 0.870. The van der Waals surface area contributed by atoms with Crippen molar-refractivity contribution < 1.29 is 9.18 Å². The van der Waals surface area contributed by atoms with Crippen LogP contribution in [0, 0.1) is 12.7 Å². The molecule has 1 aliphatic heterocycles. The van der Waals surface area contributed by atoms with Crippen molar-refractivity contribution in [3.63, 3.8) is 0 Å². The first-order valence-corrected chi connectivity index (χ1v) is 7.55. The molecule has 1 aliphatic rings. The van der Waals surface area contributed by atoms with Crippen molar-refractivity contribution in [2.75, 3.05) is 31.6 Å². The highest BCUT2D eigenvalue weighted by molar-refractivity contribution is 5.76. The molecule has 0 bridgehead atoms. The number of nitrogens with zero attached hydrogens (tertiary/aromatic N) is 1. The lowest BCUT2D eigenvalue weighted by Crippen LogP contribution is -2.48. The number of carbonyl (C=O) groups excluding carboxylic acids is 1. The van der Waals surface area contributed by atoms with E-state index in [0.717, 1.165) is 37.2 Å². The van der Waals surface area contributed by atoms with Gasteiger partial charge in [-0.05, 0) is 50.6 Å². The summed E-state index contributed by atoms with van der Waals surface area (Å²) in [5, 5.41) is 6.07. The molecule has 0 radical (unpaired) electrons. The summed E-state index contributed by atoms with van der Waals surface area (Å²) in [6.07, 6.45) is 2.54. The number of amides is 1. The predicted octanol–water partition coefficient (Wildman–Crippen LogP) is 1.83. The van der Waals surface area contributed by atoms with E-state index in [1.54, 1.807) is 6.07 Å². The molecule has 1 aromatic carbocycles. The second-order valence-electron chi connectivity index (χ2n) is 5.64. The van der Waals surface area contributed by atoms with E-state index in [-0.39, 0.29) is 17.8 Å². The number of halogens is 1. The highest BCUT2D eigenvalue weighted by Crippen LogP contribution is 2.24. The molecule has 1 amide bonds. The van der Waals surface area contributed by atoms with Crippen LogP contribution in [0.2, 0.25) is 0 Å². The average molecular weight is 293 g/mol. The van der Waals surface area contributed by atoms with E-state index in [0.29, 0.717) is 13.0 Å². The van der Waals surface area contributed by atoms with E-state index in [1.807, 2.05) is 20.0 Å². The smallest absolute Gasteiger partial charge is 0.221 e. The minimum atomic E-state index is -0.204. The Morgan fingerprint density at radius 3 is 3.00 bits per heavy atom. The second kappa shape index (κ2) is 7.41. The number of aryl methyl sites for hydroxylation is 1. The van der Waals surface area contributed by atoms with Crippen molar-refractivity contribution >= 4 is 11.6 Å². The fourth-order valence-electron chi connectivity index (χ4n) is 2.83. The zero-order chi connectivity index (χ0) is 15.2. The third kappa shape index (κ3) is 4.43. The lowest BCUT2D eigenvalue weighted by atomic mass is 10.0. The molecule has 5 heteroatoms. The number of carbonyl (C=O) groups is 1. The first-order chi connectivity index (χ1) is 10.1. The van der Waals surface area contributed by atoms with Crippen LogP contribution in [0.25, 0.3) is 0 Å². The molecule has 1 saturated heterocycles. The van der Waals surface area contributed by atoms with E-state index in [4.69, 9.17) is 0 Å². The molecule has 21 heavy (non-hydrogen) atoms. The molecule has 0 aliphatic carbocycles. The molecule has 1 unspecified atom stereocenters. The molecule has 0 saturated carbocycles. The monoisotopic (exact) mass is 293 g/mol. The third-order valence-electron chi connectivity index (χ3n) is 3.89. The molecule has 1 atom stereocenters. The van der Waals surface area contributed by atoms with Crippen LogP contribution in [-0.2, 0) is 4.79 Å². The highest BCUT2D eigenvalue weighted by atomic mass is 19.1. The lowest BCUT2D eigenvalue weighted by molar-refractivity contribution is -0.121. The minimum Gasteiger partial charge on any atom is -0.369 e. The zero-order valence-electron chi connectivity index (χ0n) is 12.8. The fourth-order valence-corrected chi connectivity index (χ4v) is 2.83. The number of anilines is 1. The van der Waals surface area contributed by atoms with Gasteiger partial charge in [-0.25, -0.2) is 4.39 Å². The SMILES string of the molecule is CNCCC(=O)NC1CCCN(c2ccc(F)cc2C)C1. The molecule has 2 rings (SSSR count). The van der Waals surface area contributed by atoms with E-state index in [1.165, 1.54) is 6.07 Å². The summed E-state index contributed by atoms with van der Waals surface area (Å²) in [5.74, 6) is -0.114. The number of nitrogens with one attached hydrogen (secondary N) is 2. The van der Waals surface area contributed by atoms with Gasteiger partial charge in [0, 0.05) is 37.8 Å². The van der Waals surface area contributed by atoms with Crippen LogP contribution in [0.15, 0.2) is 18.2 Å². The molecule has 0 aromatic heterocycles. The minimum absolute atomic E-state index is 0.0898. The Bertz CT molecular complexity index is 492. The van der Waals surface area contributed by atoms with Crippen LogP contribution in [0.5, 0.6) is 0 Å². The van der Waals surface area contributed by atoms with E-state index < -0.39 is 0 Å². The standard InChI is InChI=1S/C16H24FN3O/c1-12-10-13(17)5-6-15(12)20-9-3-4-14(11-20)19-16(21)7-8-18-2/h5-6,10,14,18H,3-4,7-9,11H2,1-2H3,(H,19,21). The molecule has 1 heterocycles. The molecule has 116 valence electrons. The lowest BCUT2D eigenvalue weighted by Gasteiger charge is -2.35. The van der Waals surface area contributed by atoms with Crippen molar-refractivity contribution in [3.8, 4) is 0 Å². The Kier molecular flexibility index (Phi) is 5.56. The van der Waals surface area contributed by atoms with Crippen LogP contribution in [0.3, 0.4) is 0 Å². The van der Waals surface area contributed by atoms with Gasteiger partial charge >= 0.3 is 0 Å². The van der Waals surface area contributed by atoms with Crippen molar-refractivity contribution in [1.29, 1.82) is 0 Å². The summed E-state index contributed by atoms with van der Waals surface area (Å²) < 4.78 is 13.2. The molecule has 1 aromatic rings. The van der Waals surface area contributed by atoms with Crippen LogP contribution in [0.4, 0.5) is 10.1 Å². The van der Waals surface area contributed by atoms with Gasteiger partial charge in [0.15, 0.2) is 0 Å². The van der Waals surface area contributed by atoms with E-state index in [2.05, 4.69) is 15.5 Å². The maximum Gasteiger partial charge on any atom is 0.221 e. The second-order valence-corrected chi connectivity index (χ2v) is 5.64. The van der Waals surface area contributed by atoms with Gasteiger partial charge in [0.25, 0.3) is 0 Å². The first kappa shape index (κ1) is 15.8. The van der Waals surface area contributed by atoms with E-state index >= 15 is 0 Å². The van der Waals surface area contributed by atoms with Gasteiger partial charge in [-0.2, -0.15) is 0 Å². The number of benzene rings is 1. The summed E-state index contributed by atoms with van der Waals surface area (Å²) in [6, 6.07) is 5.06. The Morgan fingerprint density at radius 2 is 2.29 bits per heavy atom. The van der Waals surface area contributed by atoms with Gasteiger partial charge in [-0.3, -0.25) is 4.79 Å². The first-order valence-electron chi connectivity index (χ1n) is 7.55. The van der Waals surface area contributed by atoms with Crippen LogP contribution < -0.4 is 15.5 Å². The van der Waals surface area contributed by atoms with Gasteiger partial charge in [0.05, 0.1) is 0 Å². The molecular weight excluding hydrogens is 269 g/mol. The van der Waals surface area contributed by atoms with Gasteiger partial charge in [-0.15, -0.1) is 0 Å². The molecule has 2 N–H and O–H groups in total. The van der Waals surface area contributed by atoms with Crippen molar-refractivity contribution in [2.45, 2.75) is 32.2 Å². The fraction of sp³-hybridized carbons (Fsp3) is 0.562. The summed E-state index contributed by atoms with van der Waals surface area (Å²) in [6.45, 7) is 4.36. The van der Waals surface area contributed by atoms with Crippen LogP contribution in [0.1, 0.15) is 24.8 Å². The number of piperidine rings is 1. The van der Waals surface area contributed by atoms with E-state index in [9.17, 15) is 9.18 Å². The Hall–Kier alpha value is -1.62. The van der Waals surface area contributed by atoms with Gasteiger partial charge in [0.2, 0.25) is 5.91 Å². The molecule has 4 nitrogen and oxygen atoms in total. The van der Waals surface area contributed by atoms with Gasteiger partial charge in [-0.1, -0.05) is 0 Å². The summed E-state index contributed by atoms with van der Waals surface area (Å²) in [4.78, 5) is 14.0. The molecular formula is C16H24FN3O. The maximum atomic E-state index is 13.2. The zero-order valence-corrected chi connectivity index (χ0v) is 12.8. The summed E-state index contributed by atoms with van der Waals surface area (Å²) >= 11 is 0. The summed E-state index contributed by atoms with van der Waals surface area (Å²) in [5.41, 5.74) is 2.00.